The van der Waals surface area contributed by atoms with Gasteiger partial charge in [0.15, 0.2) is 0 Å². The molecule has 1 amide bonds. The first-order valence-electron chi connectivity index (χ1n) is 9.26. The van der Waals surface area contributed by atoms with Crippen LogP contribution in [0.25, 0.3) is 0 Å². The molecule has 0 aliphatic carbocycles. The molecule has 4 heteroatoms. The number of aryl methyl sites for hydroxylation is 1. The molecule has 0 N–H and O–H groups in total. The summed E-state index contributed by atoms with van der Waals surface area (Å²) < 4.78 is 0. The Labute approximate surface area is 151 Å². The van der Waals surface area contributed by atoms with E-state index >= 15 is 0 Å². The summed E-state index contributed by atoms with van der Waals surface area (Å²) in [6, 6.07) is 7.83. The number of hydrogen-bond donors (Lipinski definition) is 0. The monoisotopic (exact) mass is 348 g/mol. The molecule has 3 rings (SSSR count). The average molecular weight is 349 g/mol. The van der Waals surface area contributed by atoms with Crippen molar-refractivity contribution in [2.24, 2.45) is 5.92 Å². The van der Waals surface area contributed by atoms with Gasteiger partial charge in [-0.3, -0.25) is 9.69 Å². The molecule has 1 spiro atoms. The van der Waals surface area contributed by atoms with Crippen LogP contribution >= 0.6 is 11.6 Å². The molecule has 2 fully saturated rings. The van der Waals surface area contributed by atoms with Crippen molar-refractivity contribution in [3.05, 3.63) is 34.9 Å². The van der Waals surface area contributed by atoms with Crippen molar-refractivity contribution >= 4 is 17.5 Å². The van der Waals surface area contributed by atoms with Crippen molar-refractivity contribution < 1.29 is 4.79 Å². The lowest BCUT2D eigenvalue weighted by Gasteiger charge is -2.57. The van der Waals surface area contributed by atoms with Gasteiger partial charge in [0, 0.05) is 43.2 Å². The zero-order valence-corrected chi connectivity index (χ0v) is 15.7. The fourth-order valence-corrected chi connectivity index (χ4v) is 4.29. The maximum absolute atomic E-state index is 12.7. The fourth-order valence-electron chi connectivity index (χ4n) is 4.16. The van der Waals surface area contributed by atoms with Gasteiger partial charge in [0.2, 0.25) is 5.91 Å². The summed E-state index contributed by atoms with van der Waals surface area (Å²) in [5.74, 6) is 0.999. The molecule has 0 bridgehead atoms. The highest BCUT2D eigenvalue weighted by atomic mass is 35.5. The Balaban J connectivity index is 1.54. The summed E-state index contributed by atoms with van der Waals surface area (Å²) in [6.45, 7) is 8.78. The molecule has 3 nitrogen and oxygen atoms in total. The minimum Gasteiger partial charge on any atom is -0.341 e. The molecular weight excluding hydrogens is 320 g/mol. The number of nitrogens with zero attached hydrogens (tertiary/aromatic N) is 2. The zero-order chi connectivity index (χ0) is 17.2. The normalized spacial score (nSPS) is 24.4. The third-order valence-electron chi connectivity index (χ3n) is 5.55. The van der Waals surface area contributed by atoms with Crippen LogP contribution in [0, 0.1) is 5.92 Å². The molecule has 2 heterocycles. The third kappa shape index (κ3) is 3.94. The van der Waals surface area contributed by atoms with Gasteiger partial charge in [-0.1, -0.05) is 37.6 Å². The first-order valence-corrected chi connectivity index (χ1v) is 9.64. The Morgan fingerprint density at radius 2 is 1.96 bits per heavy atom. The summed E-state index contributed by atoms with van der Waals surface area (Å²) in [7, 11) is 0. The molecule has 132 valence electrons. The Morgan fingerprint density at radius 1 is 1.21 bits per heavy atom. The number of likely N-dealkylation sites (tertiary alicyclic amines) is 2. The van der Waals surface area contributed by atoms with E-state index in [9.17, 15) is 4.79 Å². The zero-order valence-electron chi connectivity index (χ0n) is 14.9. The van der Waals surface area contributed by atoms with Crippen molar-refractivity contribution in [3.8, 4) is 0 Å². The Kier molecular flexibility index (Phi) is 5.51. The van der Waals surface area contributed by atoms with E-state index in [0.717, 1.165) is 37.5 Å². The minimum atomic E-state index is 0.276. The predicted molar refractivity (Wildman–Crippen MR) is 99.3 cm³/mol. The summed E-state index contributed by atoms with van der Waals surface area (Å²) in [4.78, 5) is 17.4. The second kappa shape index (κ2) is 7.45. The van der Waals surface area contributed by atoms with E-state index in [1.165, 1.54) is 24.9 Å². The Bertz CT molecular complexity index is 572. The third-order valence-corrected chi connectivity index (χ3v) is 5.80. The summed E-state index contributed by atoms with van der Waals surface area (Å²) in [5.41, 5.74) is 1.46. The van der Waals surface area contributed by atoms with E-state index in [-0.39, 0.29) is 5.54 Å². The number of piperidine rings is 1. The maximum Gasteiger partial charge on any atom is 0.222 e. The van der Waals surface area contributed by atoms with Crippen LogP contribution in [0.2, 0.25) is 5.02 Å². The van der Waals surface area contributed by atoms with Gasteiger partial charge in [0.05, 0.1) is 0 Å². The van der Waals surface area contributed by atoms with Crippen molar-refractivity contribution in [1.82, 2.24) is 9.80 Å². The lowest BCUT2D eigenvalue weighted by molar-refractivity contribution is -0.140. The summed E-state index contributed by atoms with van der Waals surface area (Å²) >= 11 is 5.92. The molecular formula is C20H29ClN2O. The fraction of sp³-hybridized carbons (Fsp3) is 0.650. The second-order valence-electron chi connectivity index (χ2n) is 7.86. The van der Waals surface area contributed by atoms with Gasteiger partial charge in [-0.05, 0) is 49.3 Å². The van der Waals surface area contributed by atoms with Crippen LogP contribution < -0.4 is 0 Å². The van der Waals surface area contributed by atoms with Gasteiger partial charge in [0.1, 0.15) is 0 Å². The molecule has 0 aromatic heterocycles. The average Bonchev–Trinajstić information content (AvgIpc) is 2.58. The molecule has 24 heavy (non-hydrogen) atoms. The highest BCUT2D eigenvalue weighted by Gasteiger charge is 2.47. The van der Waals surface area contributed by atoms with Crippen molar-refractivity contribution in [2.45, 2.75) is 51.5 Å². The van der Waals surface area contributed by atoms with E-state index in [4.69, 9.17) is 11.6 Å². The van der Waals surface area contributed by atoms with Gasteiger partial charge in [0.25, 0.3) is 0 Å². The number of carbonyl (C=O) groups excluding carboxylic acids is 1. The highest BCUT2D eigenvalue weighted by Crippen LogP contribution is 2.39. The lowest BCUT2D eigenvalue weighted by Crippen LogP contribution is -2.67. The molecule has 2 aliphatic rings. The first kappa shape index (κ1) is 17.8. The molecule has 1 aromatic rings. The smallest absolute Gasteiger partial charge is 0.222 e. The number of halogens is 1. The SMILES string of the molecule is CC(C)CN1CCC12CCCN(C(=O)CCc1ccc(Cl)cc1)C2. The molecule has 1 unspecified atom stereocenters. The van der Waals surface area contributed by atoms with E-state index in [1.54, 1.807) is 0 Å². The van der Waals surface area contributed by atoms with E-state index in [2.05, 4.69) is 23.6 Å². The van der Waals surface area contributed by atoms with Crippen LogP contribution in [0.5, 0.6) is 0 Å². The van der Waals surface area contributed by atoms with E-state index in [0.29, 0.717) is 18.2 Å². The van der Waals surface area contributed by atoms with Gasteiger partial charge < -0.3 is 4.90 Å². The van der Waals surface area contributed by atoms with Gasteiger partial charge >= 0.3 is 0 Å². The van der Waals surface area contributed by atoms with Gasteiger partial charge in [-0.25, -0.2) is 0 Å². The Morgan fingerprint density at radius 3 is 2.58 bits per heavy atom. The second-order valence-corrected chi connectivity index (χ2v) is 8.30. The summed E-state index contributed by atoms with van der Waals surface area (Å²) in [5, 5.41) is 0.748. The topological polar surface area (TPSA) is 23.6 Å². The number of hydrogen-bond acceptors (Lipinski definition) is 2. The van der Waals surface area contributed by atoms with Gasteiger partial charge in [-0.2, -0.15) is 0 Å². The van der Waals surface area contributed by atoms with E-state index in [1.807, 2.05) is 24.3 Å². The van der Waals surface area contributed by atoms with Crippen LogP contribution in [0.1, 0.15) is 45.1 Å². The van der Waals surface area contributed by atoms with Crippen LogP contribution in [0.15, 0.2) is 24.3 Å². The molecule has 2 saturated heterocycles. The standard InChI is InChI=1S/C20H29ClN2O/c1-16(2)14-23-13-11-20(23)10-3-12-22(15-20)19(24)9-6-17-4-7-18(21)8-5-17/h4-5,7-8,16H,3,6,9-15H2,1-2H3. The highest BCUT2D eigenvalue weighted by molar-refractivity contribution is 6.30. The Hall–Kier alpha value is -1.06. The number of carbonyl (C=O) groups is 1. The van der Waals surface area contributed by atoms with Crippen LogP contribution in [-0.2, 0) is 11.2 Å². The number of amides is 1. The van der Waals surface area contributed by atoms with Crippen LogP contribution in [0.3, 0.4) is 0 Å². The molecule has 1 atom stereocenters. The maximum atomic E-state index is 12.7. The first-order chi connectivity index (χ1) is 11.5. The quantitative estimate of drug-likeness (QED) is 0.803. The minimum absolute atomic E-state index is 0.276. The number of benzene rings is 1. The molecule has 0 saturated carbocycles. The van der Waals surface area contributed by atoms with Crippen molar-refractivity contribution in [2.75, 3.05) is 26.2 Å². The largest absolute Gasteiger partial charge is 0.341 e. The predicted octanol–water partition coefficient (Wildman–Crippen LogP) is 4.00. The summed E-state index contributed by atoms with van der Waals surface area (Å²) in [6.07, 6.45) is 5.04. The molecule has 2 aliphatic heterocycles. The van der Waals surface area contributed by atoms with Gasteiger partial charge in [-0.15, -0.1) is 0 Å². The van der Waals surface area contributed by atoms with Crippen LogP contribution in [0.4, 0.5) is 0 Å². The number of rotatable bonds is 5. The van der Waals surface area contributed by atoms with Crippen molar-refractivity contribution in [1.29, 1.82) is 0 Å². The lowest BCUT2D eigenvalue weighted by atomic mass is 9.77. The molecule has 1 aromatic carbocycles. The van der Waals surface area contributed by atoms with Crippen molar-refractivity contribution in [3.63, 3.8) is 0 Å². The van der Waals surface area contributed by atoms with E-state index < -0.39 is 0 Å². The molecule has 0 radical (unpaired) electrons. The van der Waals surface area contributed by atoms with Crippen LogP contribution in [-0.4, -0.2) is 47.4 Å².